The number of aryl methyl sites for hydroxylation is 2. The van der Waals surface area contributed by atoms with Crippen LogP contribution in [0.2, 0.25) is 0 Å². The van der Waals surface area contributed by atoms with E-state index in [0.29, 0.717) is 5.54 Å². The fraction of sp³-hybridized carbons (Fsp3) is 0.750. The van der Waals surface area contributed by atoms with Crippen molar-refractivity contribution in [2.75, 3.05) is 31.7 Å². The summed E-state index contributed by atoms with van der Waals surface area (Å²) in [5.74, 6) is 0.940. The normalized spacial score (nSPS) is 18.2. The molecule has 1 aliphatic carbocycles. The van der Waals surface area contributed by atoms with E-state index in [9.17, 15) is 0 Å². The number of aromatic nitrogens is 2. The second-order valence-corrected chi connectivity index (χ2v) is 5.30. The van der Waals surface area contributed by atoms with Crippen molar-refractivity contribution in [1.29, 1.82) is 0 Å². The number of nitrogen functional groups attached to an aromatic ring is 1. The van der Waals surface area contributed by atoms with E-state index in [1.54, 1.807) is 0 Å². The van der Waals surface area contributed by atoms with Crippen molar-refractivity contribution in [2.24, 2.45) is 7.05 Å². The number of anilines is 2. The molecule has 96 valence electrons. The van der Waals surface area contributed by atoms with Crippen LogP contribution in [0.3, 0.4) is 0 Å². The van der Waals surface area contributed by atoms with Crippen LogP contribution in [-0.2, 0) is 7.05 Å². The highest BCUT2D eigenvalue weighted by Gasteiger charge is 2.39. The van der Waals surface area contributed by atoms with Gasteiger partial charge in [0.15, 0.2) is 0 Å². The lowest BCUT2D eigenvalue weighted by Crippen LogP contribution is -2.54. The molecule has 0 aromatic carbocycles. The molecule has 0 atom stereocenters. The van der Waals surface area contributed by atoms with Gasteiger partial charge in [0.1, 0.15) is 5.82 Å². The van der Waals surface area contributed by atoms with Gasteiger partial charge < -0.3 is 16.0 Å². The van der Waals surface area contributed by atoms with Crippen molar-refractivity contribution in [1.82, 2.24) is 14.7 Å². The van der Waals surface area contributed by atoms with Crippen molar-refractivity contribution in [3.63, 3.8) is 0 Å². The minimum atomic E-state index is 0.296. The maximum absolute atomic E-state index is 6.01. The largest absolute Gasteiger partial charge is 0.394 e. The molecule has 1 heterocycles. The summed E-state index contributed by atoms with van der Waals surface area (Å²) in [6.45, 7) is 2.87. The van der Waals surface area contributed by atoms with Crippen molar-refractivity contribution < 1.29 is 0 Å². The third-order valence-electron chi connectivity index (χ3n) is 4.09. The van der Waals surface area contributed by atoms with Crippen LogP contribution in [0, 0.1) is 6.92 Å². The summed E-state index contributed by atoms with van der Waals surface area (Å²) in [5, 5.41) is 7.78. The number of nitrogens with zero attached hydrogens (tertiary/aromatic N) is 3. The Kier molecular flexibility index (Phi) is 3.03. The molecule has 0 aliphatic heterocycles. The molecule has 0 bridgehead atoms. The molecule has 0 spiro atoms. The highest BCUT2D eigenvalue weighted by molar-refractivity contribution is 5.64. The van der Waals surface area contributed by atoms with Crippen LogP contribution < -0.4 is 11.1 Å². The summed E-state index contributed by atoms with van der Waals surface area (Å²) in [5.41, 5.74) is 7.96. The van der Waals surface area contributed by atoms with E-state index >= 15 is 0 Å². The minimum Gasteiger partial charge on any atom is -0.394 e. The first-order valence-corrected chi connectivity index (χ1v) is 6.17. The van der Waals surface area contributed by atoms with Gasteiger partial charge in [0.2, 0.25) is 0 Å². The number of likely N-dealkylation sites (N-methyl/N-ethyl adjacent to an activating group) is 1. The standard InChI is InChI=1S/C12H23N5/c1-9-10(13)11(17(4)15-9)14-8-12(16(2)3)6-5-7-12/h14H,5-8,13H2,1-4H3. The lowest BCUT2D eigenvalue weighted by molar-refractivity contribution is 0.0738. The molecular weight excluding hydrogens is 214 g/mol. The van der Waals surface area contributed by atoms with Crippen molar-refractivity contribution in [2.45, 2.75) is 31.7 Å². The lowest BCUT2D eigenvalue weighted by Gasteiger charge is -2.47. The molecule has 1 aliphatic rings. The van der Waals surface area contributed by atoms with Crippen LogP contribution in [0.4, 0.5) is 11.5 Å². The Labute approximate surface area is 103 Å². The molecular formula is C12H23N5. The van der Waals surface area contributed by atoms with E-state index in [1.165, 1.54) is 19.3 Å². The van der Waals surface area contributed by atoms with Crippen LogP contribution in [0.25, 0.3) is 0 Å². The van der Waals surface area contributed by atoms with Crippen LogP contribution in [-0.4, -0.2) is 40.9 Å². The van der Waals surface area contributed by atoms with E-state index < -0.39 is 0 Å². The highest BCUT2D eigenvalue weighted by Crippen LogP contribution is 2.36. The van der Waals surface area contributed by atoms with E-state index in [1.807, 2.05) is 18.7 Å². The van der Waals surface area contributed by atoms with Gasteiger partial charge in [0, 0.05) is 19.1 Å². The molecule has 5 heteroatoms. The number of rotatable bonds is 4. The minimum absolute atomic E-state index is 0.296. The summed E-state index contributed by atoms with van der Waals surface area (Å²) in [6.07, 6.45) is 3.83. The zero-order chi connectivity index (χ0) is 12.6. The van der Waals surface area contributed by atoms with Gasteiger partial charge >= 0.3 is 0 Å². The Hall–Kier alpha value is -1.23. The van der Waals surface area contributed by atoms with Crippen LogP contribution in [0.15, 0.2) is 0 Å². The first-order valence-electron chi connectivity index (χ1n) is 6.17. The quantitative estimate of drug-likeness (QED) is 0.826. The number of nitrogens with one attached hydrogen (secondary N) is 1. The first-order chi connectivity index (χ1) is 7.96. The predicted octanol–water partition coefficient (Wildman–Crippen LogP) is 1.21. The molecule has 1 fully saturated rings. The Balaban J connectivity index is 2.07. The Morgan fingerprint density at radius 1 is 1.47 bits per heavy atom. The van der Waals surface area contributed by atoms with Gasteiger partial charge in [-0.2, -0.15) is 5.10 Å². The molecule has 0 saturated heterocycles. The first kappa shape index (κ1) is 12.2. The van der Waals surface area contributed by atoms with Gasteiger partial charge in [-0.1, -0.05) is 0 Å². The van der Waals surface area contributed by atoms with Crippen LogP contribution in [0.5, 0.6) is 0 Å². The summed E-state index contributed by atoms with van der Waals surface area (Å²) in [6, 6.07) is 0. The molecule has 2 rings (SSSR count). The van der Waals surface area contributed by atoms with Crippen LogP contribution >= 0.6 is 0 Å². The molecule has 0 unspecified atom stereocenters. The molecule has 1 saturated carbocycles. The fourth-order valence-electron chi connectivity index (χ4n) is 2.50. The molecule has 0 radical (unpaired) electrons. The van der Waals surface area contributed by atoms with Gasteiger partial charge in [-0.15, -0.1) is 0 Å². The van der Waals surface area contributed by atoms with Crippen LogP contribution in [0.1, 0.15) is 25.0 Å². The maximum atomic E-state index is 6.01. The van der Waals surface area contributed by atoms with E-state index in [-0.39, 0.29) is 0 Å². The Morgan fingerprint density at radius 3 is 2.47 bits per heavy atom. The predicted molar refractivity (Wildman–Crippen MR) is 71.1 cm³/mol. The highest BCUT2D eigenvalue weighted by atomic mass is 15.3. The lowest BCUT2D eigenvalue weighted by atomic mass is 9.75. The molecule has 3 N–H and O–H groups in total. The maximum Gasteiger partial charge on any atom is 0.147 e. The second kappa shape index (κ2) is 4.22. The van der Waals surface area contributed by atoms with Gasteiger partial charge in [0.05, 0.1) is 11.4 Å². The number of hydrogen-bond donors (Lipinski definition) is 2. The topological polar surface area (TPSA) is 59.1 Å². The molecule has 1 aromatic heterocycles. The zero-order valence-electron chi connectivity index (χ0n) is 11.2. The smallest absolute Gasteiger partial charge is 0.147 e. The van der Waals surface area contributed by atoms with E-state index in [2.05, 4.69) is 29.4 Å². The number of nitrogens with two attached hydrogens (primary N) is 1. The molecule has 5 nitrogen and oxygen atoms in total. The van der Waals surface area contributed by atoms with Gasteiger partial charge in [0.25, 0.3) is 0 Å². The average molecular weight is 237 g/mol. The van der Waals surface area contributed by atoms with Gasteiger partial charge in [-0.05, 0) is 40.3 Å². The SMILES string of the molecule is Cc1nn(C)c(NCC2(N(C)C)CCC2)c1N. The summed E-state index contributed by atoms with van der Waals surface area (Å²) in [7, 11) is 6.23. The third-order valence-corrected chi connectivity index (χ3v) is 4.09. The van der Waals surface area contributed by atoms with E-state index in [4.69, 9.17) is 5.73 Å². The summed E-state index contributed by atoms with van der Waals surface area (Å²) in [4.78, 5) is 2.32. The van der Waals surface area contributed by atoms with Gasteiger partial charge in [-0.25, -0.2) is 0 Å². The monoisotopic (exact) mass is 237 g/mol. The molecule has 17 heavy (non-hydrogen) atoms. The Bertz CT molecular complexity index is 403. The zero-order valence-corrected chi connectivity index (χ0v) is 11.2. The van der Waals surface area contributed by atoms with Crippen molar-refractivity contribution in [3.05, 3.63) is 5.69 Å². The van der Waals surface area contributed by atoms with Gasteiger partial charge in [-0.3, -0.25) is 4.68 Å². The van der Waals surface area contributed by atoms with E-state index in [0.717, 1.165) is 23.7 Å². The fourth-order valence-corrected chi connectivity index (χ4v) is 2.50. The average Bonchev–Trinajstić information content (AvgIpc) is 2.41. The second-order valence-electron chi connectivity index (χ2n) is 5.30. The van der Waals surface area contributed by atoms with Crippen molar-refractivity contribution in [3.8, 4) is 0 Å². The Morgan fingerprint density at radius 2 is 2.12 bits per heavy atom. The number of hydrogen-bond acceptors (Lipinski definition) is 4. The third kappa shape index (κ3) is 1.99. The molecule has 0 amide bonds. The summed E-state index contributed by atoms with van der Waals surface area (Å²) >= 11 is 0. The summed E-state index contributed by atoms with van der Waals surface area (Å²) < 4.78 is 1.83. The van der Waals surface area contributed by atoms with Crippen molar-refractivity contribution >= 4 is 11.5 Å². The molecule has 1 aromatic rings.